The fourth-order valence-electron chi connectivity index (χ4n) is 1.78. The van der Waals surface area contributed by atoms with Crippen molar-refractivity contribution in [2.45, 2.75) is 25.3 Å². The molecule has 1 nitrogen and oxygen atoms in total. The highest BCUT2D eigenvalue weighted by Gasteiger charge is 2.16. The molecule has 1 unspecified atom stereocenters. The Hall–Kier alpha value is 0.0500. The van der Waals surface area contributed by atoms with Crippen LogP contribution in [0, 0.1) is 0 Å². The van der Waals surface area contributed by atoms with E-state index >= 15 is 0 Å². The van der Waals surface area contributed by atoms with Crippen LogP contribution in [0.3, 0.4) is 0 Å². The van der Waals surface area contributed by atoms with Gasteiger partial charge in [-0.1, -0.05) is 23.2 Å². The van der Waals surface area contributed by atoms with Crippen molar-refractivity contribution >= 4 is 35.6 Å². The highest BCUT2D eigenvalue weighted by Crippen LogP contribution is 2.29. The zero-order valence-corrected chi connectivity index (χ0v) is 9.92. The Morgan fingerprint density at radius 2 is 1.71 bits per heavy atom. The smallest absolute Gasteiger partial charge is 0.0595 e. The Balaban J connectivity index is 0.000000980. The molecule has 1 atom stereocenters. The van der Waals surface area contributed by atoms with Crippen LogP contribution in [0.25, 0.3) is 0 Å². The summed E-state index contributed by atoms with van der Waals surface area (Å²) in [7, 11) is 0. The van der Waals surface area contributed by atoms with E-state index in [1.165, 1.54) is 11.1 Å². The summed E-state index contributed by atoms with van der Waals surface area (Å²) in [5, 5.41) is 1.28. The molecule has 0 saturated carbocycles. The minimum Gasteiger partial charge on any atom is -0.327 e. The molecule has 0 aromatic heterocycles. The van der Waals surface area contributed by atoms with Gasteiger partial charge in [-0.05, 0) is 42.5 Å². The van der Waals surface area contributed by atoms with Crippen molar-refractivity contribution in [2.75, 3.05) is 0 Å². The van der Waals surface area contributed by atoms with Crippen LogP contribution < -0.4 is 5.73 Å². The second-order valence-electron chi connectivity index (χ2n) is 3.54. The summed E-state index contributed by atoms with van der Waals surface area (Å²) in [4.78, 5) is 0. The van der Waals surface area contributed by atoms with Crippen LogP contribution in [0.4, 0.5) is 0 Å². The Kier molecular flexibility index (Phi) is 4.08. The van der Waals surface area contributed by atoms with Crippen molar-refractivity contribution in [3.05, 3.63) is 33.3 Å². The van der Waals surface area contributed by atoms with Gasteiger partial charge in [-0.25, -0.2) is 0 Å². The molecule has 0 amide bonds. The molecule has 0 spiro atoms. The first-order valence-corrected chi connectivity index (χ1v) is 5.15. The van der Waals surface area contributed by atoms with E-state index in [-0.39, 0.29) is 18.4 Å². The third-order valence-corrected chi connectivity index (χ3v) is 3.23. The molecular formula is C10H12Cl3N. The number of hydrogen-bond acceptors (Lipinski definition) is 1. The van der Waals surface area contributed by atoms with E-state index in [0.717, 1.165) is 19.3 Å². The average Bonchev–Trinajstić information content (AvgIpc) is 2.08. The minimum absolute atomic E-state index is 0. The monoisotopic (exact) mass is 251 g/mol. The molecule has 1 aromatic carbocycles. The number of hydrogen-bond donors (Lipinski definition) is 1. The second-order valence-corrected chi connectivity index (χ2v) is 4.35. The van der Waals surface area contributed by atoms with Crippen molar-refractivity contribution in [1.82, 2.24) is 0 Å². The maximum atomic E-state index is 5.92. The lowest BCUT2D eigenvalue weighted by molar-refractivity contribution is 0.576. The van der Waals surface area contributed by atoms with Crippen LogP contribution in [0.2, 0.25) is 10.0 Å². The Morgan fingerprint density at radius 1 is 1.14 bits per heavy atom. The lowest BCUT2D eigenvalue weighted by Crippen LogP contribution is -2.27. The standard InChI is InChI=1S/C10H11Cl2N.ClH/c11-9-4-6-1-2-8(13)3-7(6)5-10(9)12;/h4-5,8H,1-3,13H2;1H. The Morgan fingerprint density at radius 3 is 2.36 bits per heavy atom. The third-order valence-electron chi connectivity index (χ3n) is 2.51. The van der Waals surface area contributed by atoms with Gasteiger partial charge >= 0.3 is 0 Å². The summed E-state index contributed by atoms with van der Waals surface area (Å²) in [6.07, 6.45) is 2.99. The number of aryl methyl sites for hydroxylation is 1. The maximum absolute atomic E-state index is 5.92. The van der Waals surface area contributed by atoms with Gasteiger partial charge in [-0.3, -0.25) is 0 Å². The molecule has 2 rings (SSSR count). The van der Waals surface area contributed by atoms with Gasteiger partial charge in [0.05, 0.1) is 10.0 Å². The first-order chi connectivity index (χ1) is 6.16. The first kappa shape index (κ1) is 12.1. The predicted molar refractivity (Wildman–Crippen MR) is 63.7 cm³/mol. The minimum atomic E-state index is 0. The molecule has 0 saturated heterocycles. The summed E-state index contributed by atoms with van der Waals surface area (Å²) in [5.41, 5.74) is 8.42. The third kappa shape index (κ3) is 2.34. The van der Waals surface area contributed by atoms with Crippen molar-refractivity contribution in [3.63, 3.8) is 0 Å². The second kappa shape index (κ2) is 4.71. The van der Waals surface area contributed by atoms with E-state index in [1.807, 2.05) is 12.1 Å². The summed E-state index contributed by atoms with van der Waals surface area (Å²) >= 11 is 11.8. The molecule has 2 N–H and O–H groups in total. The Bertz CT molecular complexity index is 338. The van der Waals surface area contributed by atoms with Crippen LogP contribution in [-0.2, 0) is 12.8 Å². The molecular weight excluding hydrogens is 240 g/mol. The molecule has 0 radical (unpaired) electrons. The zero-order valence-electron chi connectivity index (χ0n) is 7.59. The lowest BCUT2D eigenvalue weighted by atomic mass is 9.89. The van der Waals surface area contributed by atoms with Gasteiger partial charge in [0.1, 0.15) is 0 Å². The molecule has 0 heterocycles. The average molecular weight is 253 g/mol. The molecule has 1 aliphatic carbocycles. The zero-order chi connectivity index (χ0) is 9.42. The van der Waals surface area contributed by atoms with Crippen molar-refractivity contribution in [3.8, 4) is 0 Å². The van der Waals surface area contributed by atoms with E-state index in [1.54, 1.807) is 0 Å². The maximum Gasteiger partial charge on any atom is 0.0595 e. The number of nitrogens with two attached hydrogens (primary N) is 1. The topological polar surface area (TPSA) is 26.0 Å². The molecule has 0 bridgehead atoms. The van der Waals surface area contributed by atoms with Crippen LogP contribution in [0.1, 0.15) is 17.5 Å². The van der Waals surface area contributed by atoms with E-state index in [9.17, 15) is 0 Å². The molecule has 14 heavy (non-hydrogen) atoms. The summed E-state index contributed by atoms with van der Waals surface area (Å²) in [6, 6.07) is 4.19. The van der Waals surface area contributed by atoms with E-state index in [2.05, 4.69) is 0 Å². The normalized spacial score (nSPS) is 19.8. The van der Waals surface area contributed by atoms with Crippen molar-refractivity contribution < 1.29 is 0 Å². The fraction of sp³-hybridized carbons (Fsp3) is 0.400. The lowest BCUT2D eigenvalue weighted by Gasteiger charge is -2.21. The molecule has 0 aliphatic heterocycles. The highest BCUT2D eigenvalue weighted by atomic mass is 35.5. The number of fused-ring (bicyclic) bond motifs is 1. The van der Waals surface area contributed by atoms with Crippen LogP contribution in [-0.4, -0.2) is 6.04 Å². The largest absolute Gasteiger partial charge is 0.327 e. The fourth-order valence-corrected chi connectivity index (χ4v) is 2.15. The summed E-state index contributed by atoms with van der Waals surface area (Å²) < 4.78 is 0. The van der Waals surface area contributed by atoms with Crippen LogP contribution in [0.5, 0.6) is 0 Å². The van der Waals surface area contributed by atoms with E-state index in [4.69, 9.17) is 28.9 Å². The SMILES string of the molecule is Cl.NC1CCc2cc(Cl)c(Cl)cc2C1. The quantitative estimate of drug-likeness (QED) is 0.754. The van der Waals surface area contributed by atoms with Gasteiger partial charge in [0.2, 0.25) is 0 Å². The highest BCUT2D eigenvalue weighted by molar-refractivity contribution is 6.42. The Labute approximate surface area is 100.0 Å². The predicted octanol–water partition coefficient (Wildman–Crippen LogP) is 3.23. The number of rotatable bonds is 0. The van der Waals surface area contributed by atoms with Gasteiger partial charge in [0.25, 0.3) is 0 Å². The van der Waals surface area contributed by atoms with Gasteiger partial charge < -0.3 is 5.73 Å². The molecule has 4 heteroatoms. The summed E-state index contributed by atoms with van der Waals surface area (Å²) in [5.74, 6) is 0. The summed E-state index contributed by atoms with van der Waals surface area (Å²) in [6.45, 7) is 0. The van der Waals surface area contributed by atoms with Crippen molar-refractivity contribution in [2.24, 2.45) is 5.73 Å². The van der Waals surface area contributed by atoms with Crippen LogP contribution in [0.15, 0.2) is 12.1 Å². The molecule has 0 fully saturated rings. The van der Waals surface area contributed by atoms with E-state index in [0.29, 0.717) is 10.0 Å². The van der Waals surface area contributed by atoms with Gasteiger partial charge in [-0.2, -0.15) is 0 Å². The molecule has 1 aliphatic rings. The van der Waals surface area contributed by atoms with Gasteiger partial charge in [-0.15, -0.1) is 12.4 Å². The number of halogens is 3. The van der Waals surface area contributed by atoms with Crippen LogP contribution >= 0.6 is 35.6 Å². The van der Waals surface area contributed by atoms with Gasteiger partial charge in [0, 0.05) is 6.04 Å². The molecule has 1 aromatic rings. The van der Waals surface area contributed by atoms with E-state index < -0.39 is 0 Å². The van der Waals surface area contributed by atoms with Crippen molar-refractivity contribution in [1.29, 1.82) is 0 Å². The first-order valence-electron chi connectivity index (χ1n) is 4.39. The number of benzene rings is 1. The molecule has 78 valence electrons. The van der Waals surface area contributed by atoms with Gasteiger partial charge in [0.15, 0.2) is 0 Å².